The normalized spacial score (nSPS) is 14.9. The van der Waals surface area contributed by atoms with E-state index in [0.29, 0.717) is 11.6 Å². The summed E-state index contributed by atoms with van der Waals surface area (Å²) >= 11 is 6.04. The molecule has 0 aromatic heterocycles. The van der Waals surface area contributed by atoms with Crippen molar-refractivity contribution in [1.82, 2.24) is 9.80 Å². The number of carbonyl (C=O) groups excluding carboxylic acids is 1. The molecule has 1 aromatic rings. The van der Waals surface area contributed by atoms with Crippen LogP contribution in [-0.4, -0.2) is 47.0 Å². The van der Waals surface area contributed by atoms with Gasteiger partial charge in [0.15, 0.2) is 0 Å². The SMILES string of the molecule is CN(Cc1ccccc1Cl)C(=O)N1CC(C(=O)O)C1. The van der Waals surface area contributed by atoms with Crippen LogP contribution in [0.5, 0.6) is 0 Å². The lowest BCUT2D eigenvalue weighted by atomic mass is 10.0. The van der Waals surface area contributed by atoms with Crippen molar-refractivity contribution in [3.05, 3.63) is 34.9 Å². The molecular formula is C13H15ClN2O3. The summed E-state index contributed by atoms with van der Waals surface area (Å²) in [5.74, 6) is -1.28. The fraction of sp³-hybridized carbons (Fsp3) is 0.385. The number of carbonyl (C=O) groups is 2. The van der Waals surface area contributed by atoms with E-state index in [1.165, 1.54) is 4.90 Å². The molecule has 5 nitrogen and oxygen atoms in total. The minimum atomic E-state index is -0.849. The van der Waals surface area contributed by atoms with Gasteiger partial charge < -0.3 is 14.9 Å². The number of carboxylic acid groups (broad SMARTS) is 1. The number of halogens is 1. The Labute approximate surface area is 116 Å². The average molecular weight is 283 g/mol. The molecule has 1 fully saturated rings. The molecule has 1 aliphatic rings. The lowest BCUT2D eigenvalue weighted by Crippen LogP contribution is -2.56. The third-order valence-corrected chi connectivity index (χ3v) is 3.56. The number of benzene rings is 1. The van der Waals surface area contributed by atoms with Gasteiger partial charge in [-0.3, -0.25) is 4.79 Å². The standard InChI is InChI=1S/C13H15ClN2O3/c1-15(6-9-4-2-3-5-11(9)14)13(19)16-7-10(8-16)12(17)18/h2-5,10H,6-8H2,1H3,(H,17,18). The third-order valence-electron chi connectivity index (χ3n) is 3.19. The van der Waals surface area contributed by atoms with Gasteiger partial charge in [0.1, 0.15) is 0 Å². The van der Waals surface area contributed by atoms with Crippen molar-refractivity contribution < 1.29 is 14.7 Å². The molecule has 2 rings (SSSR count). The maximum absolute atomic E-state index is 12.0. The van der Waals surface area contributed by atoms with E-state index >= 15 is 0 Å². The van der Waals surface area contributed by atoms with Gasteiger partial charge >= 0.3 is 12.0 Å². The van der Waals surface area contributed by atoms with Crippen LogP contribution in [0.15, 0.2) is 24.3 Å². The van der Waals surface area contributed by atoms with Gasteiger partial charge in [-0.05, 0) is 11.6 Å². The van der Waals surface area contributed by atoms with Gasteiger partial charge in [0.05, 0.1) is 5.92 Å². The van der Waals surface area contributed by atoms with Gasteiger partial charge in [0, 0.05) is 31.7 Å². The molecule has 0 bridgehead atoms. The summed E-state index contributed by atoms with van der Waals surface area (Å²) < 4.78 is 0. The zero-order valence-electron chi connectivity index (χ0n) is 10.5. The summed E-state index contributed by atoms with van der Waals surface area (Å²) in [7, 11) is 1.68. The Kier molecular flexibility index (Phi) is 3.95. The molecule has 1 N–H and O–H groups in total. The van der Waals surface area contributed by atoms with Crippen LogP contribution in [0, 0.1) is 5.92 Å². The second-order valence-electron chi connectivity index (χ2n) is 4.67. The first-order valence-corrected chi connectivity index (χ1v) is 6.33. The summed E-state index contributed by atoms with van der Waals surface area (Å²) in [5.41, 5.74) is 0.871. The molecule has 19 heavy (non-hydrogen) atoms. The first-order valence-electron chi connectivity index (χ1n) is 5.95. The molecule has 0 unspecified atom stereocenters. The van der Waals surface area contributed by atoms with Crippen molar-refractivity contribution in [1.29, 1.82) is 0 Å². The molecule has 0 aliphatic carbocycles. The summed E-state index contributed by atoms with van der Waals surface area (Å²) in [6, 6.07) is 7.17. The number of aliphatic carboxylic acids is 1. The van der Waals surface area contributed by atoms with Crippen LogP contribution in [-0.2, 0) is 11.3 Å². The van der Waals surface area contributed by atoms with Crippen molar-refractivity contribution in [3.8, 4) is 0 Å². The van der Waals surface area contributed by atoms with E-state index in [9.17, 15) is 9.59 Å². The number of rotatable bonds is 3. The number of nitrogens with zero attached hydrogens (tertiary/aromatic N) is 2. The molecule has 1 aliphatic heterocycles. The van der Waals surface area contributed by atoms with Crippen LogP contribution in [0.4, 0.5) is 4.79 Å². The quantitative estimate of drug-likeness (QED) is 0.921. The van der Waals surface area contributed by atoms with Crippen LogP contribution in [0.25, 0.3) is 0 Å². The zero-order valence-corrected chi connectivity index (χ0v) is 11.3. The van der Waals surface area contributed by atoms with E-state index in [-0.39, 0.29) is 19.1 Å². The molecule has 1 saturated heterocycles. The Bertz CT molecular complexity index is 500. The van der Waals surface area contributed by atoms with Crippen LogP contribution < -0.4 is 0 Å². The summed E-state index contributed by atoms with van der Waals surface area (Å²) in [6.45, 7) is 0.967. The Balaban J connectivity index is 1.91. The van der Waals surface area contributed by atoms with Gasteiger partial charge in [-0.2, -0.15) is 0 Å². The minimum absolute atomic E-state index is 0.169. The van der Waals surface area contributed by atoms with Gasteiger partial charge in [-0.25, -0.2) is 4.79 Å². The van der Waals surface area contributed by atoms with Crippen molar-refractivity contribution in [3.63, 3.8) is 0 Å². The number of hydrogen-bond acceptors (Lipinski definition) is 2. The van der Waals surface area contributed by atoms with Crippen LogP contribution in [0.2, 0.25) is 5.02 Å². The monoisotopic (exact) mass is 282 g/mol. The maximum Gasteiger partial charge on any atom is 0.320 e. The van der Waals surface area contributed by atoms with Crippen molar-refractivity contribution in [2.75, 3.05) is 20.1 Å². The number of likely N-dealkylation sites (tertiary alicyclic amines) is 1. The van der Waals surface area contributed by atoms with Crippen molar-refractivity contribution in [2.24, 2.45) is 5.92 Å². The summed E-state index contributed by atoms with van der Waals surface area (Å²) in [6.07, 6.45) is 0. The molecule has 0 saturated carbocycles. The lowest BCUT2D eigenvalue weighted by molar-refractivity contribution is -0.146. The smallest absolute Gasteiger partial charge is 0.320 e. The zero-order chi connectivity index (χ0) is 14.0. The van der Waals surface area contributed by atoms with Gasteiger partial charge in [-0.15, -0.1) is 0 Å². The van der Waals surface area contributed by atoms with E-state index < -0.39 is 11.9 Å². The van der Waals surface area contributed by atoms with Gasteiger partial charge in [0.2, 0.25) is 0 Å². The molecule has 2 amide bonds. The molecular weight excluding hydrogens is 268 g/mol. The summed E-state index contributed by atoms with van der Waals surface area (Å²) in [5, 5.41) is 9.39. The first-order chi connectivity index (χ1) is 8.99. The predicted molar refractivity (Wildman–Crippen MR) is 71.0 cm³/mol. The van der Waals surface area contributed by atoms with E-state index in [1.807, 2.05) is 18.2 Å². The van der Waals surface area contributed by atoms with E-state index in [4.69, 9.17) is 16.7 Å². The highest BCUT2D eigenvalue weighted by molar-refractivity contribution is 6.31. The second-order valence-corrected chi connectivity index (χ2v) is 5.08. The van der Waals surface area contributed by atoms with Crippen LogP contribution in [0.3, 0.4) is 0 Å². The number of urea groups is 1. The molecule has 0 atom stereocenters. The Hall–Kier alpha value is -1.75. The lowest BCUT2D eigenvalue weighted by Gasteiger charge is -2.39. The van der Waals surface area contributed by atoms with Gasteiger partial charge in [0.25, 0.3) is 0 Å². The van der Waals surface area contributed by atoms with Crippen LogP contribution in [0.1, 0.15) is 5.56 Å². The van der Waals surface area contributed by atoms with E-state index in [2.05, 4.69) is 0 Å². The fourth-order valence-corrected chi connectivity index (χ4v) is 2.18. The Morgan fingerprint density at radius 3 is 2.63 bits per heavy atom. The highest BCUT2D eigenvalue weighted by atomic mass is 35.5. The van der Waals surface area contributed by atoms with E-state index in [0.717, 1.165) is 5.56 Å². The fourth-order valence-electron chi connectivity index (χ4n) is 1.98. The molecule has 1 aromatic carbocycles. The van der Waals surface area contributed by atoms with Crippen molar-refractivity contribution >= 4 is 23.6 Å². The summed E-state index contributed by atoms with van der Waals surface area (Å²) in [4.78, 5) is 25.8. The number of amides is 2. The Morgan fingerprint density at radius 1 is 1.42 bits per heavy atom. The van der Waals surface area contributed by atoms with E-state index in [1.54, 1.807) is 18.0 Å². The predicted octanol–water partition coefficient (Wildman–Crippen LogP) is 1.91. The molecule has 0 radical (unpaired) electrons. The average Bonchev–Trinajstić information content (AvgIpc) is 2.29. The van der Waals surface area contributed by atoms with Gasteiger partial charge in [-0.1, -0.05) is 29.8 Å². The molecule has 1 heterocycles. The minimum Gasteiger partial charge on any atom is -0.481 e. The topological polar surface area (TPSA) is 60.9 Å². The Morgan fingerprint density at radius 2 is 2.05 bits per heavy atom. The molecule has 0 spiro atoms. The largest absolute Gasteiger partial charge is 0.481 e. The molecule has 6 heteroatoms. The maximum atomic E-state index is 12.0. The van der Waals surface area contributed by atoms with Crippen LogP contribution >= 0.6 is 11.6 Å². The molecule has 102 valence electrons. The van der Waals surface area contributed by atoms with Crippen molar-refractivity contribution in [2.45, 2.75) is 6.54 Å². The highest BCUT2D eigenvalue weighted by Crippen LogP contribution is 2.20. The number of hydrogen-bond donors (Lipinski definition) is 1. The highest BCUT2D eigenvalue weighted by Gasteiger charge is 2.36. The first kappa shape index (κ1) is 13.7. The number of carboxylic acids is 1. The second kappa shape index (κ2) is 5.48. The third kappa shape index (κ3) is 2.98.